The van der Waals surface area contributed by atoms with Crippen LogP contribution in [0.25, 0.3) is 0 Å². The molecule has 0 bridgehead atoms. The van der Waals surface area contributed by atoms with E-state index in [1.165, 1.54) is 17.0 Å². The second-order valence-corrected chi connectivity index (χ2v) is 11.0. The van der Waals surface area contributed by atoms with E-state index in [9.17, 15) is 22.4 Å². The molecule has 10 heteroatoms. The zero-order valence-electron chi connectivity index (χ0n) is 19.1. The normalized spacial score (nSPS) is 12.3. The van der Waals surface area contributed by atoms with Crippen molar-refractivity contribution in [1.29, 1.82) is 0 Å². The Morgan fingerprint density at radius 3 is 2.27 bits per heavy atom. The van der Waals surface area contributed by atoms with E-state index in [2.05, 4.69) is 21.2 Å². The summed E-state index contributed by atoms with van der Waals surface area (Å²) in [6, 6.07) is 11.3. The van der Waals surface area contributed by atoms with Crippen LogP contribution in [-0.4, -0.2) is 50.5 Å². The quantitative estimate of drug-likeness (QED) is 0.498. The van der Waals surface area contributed by atoms with E-state index >= 15 is 0 Å². The third-order valence-corrected chi connectivity index (χ3v) is 6.52. The molecule has 0 aliphatic carbocycles. The van der Waals surface area contributed by atoms with E-state index in [4.69, 9.17) is 0 Å². The molecule has 2 rings (SSSR count). The minimum Gasteiger partial charge on any atom is -0.354 e. The summed E-state index contributed by atoms with van der Waals surface area (Å²) in [6.45, 7) is 5.56. The molecule has 7 nitrogen and oxygen atoms in total. The Balaban J connectivity index is 2.35. The number of halogens is 2. The molecule has 0 aliphatic heterocycles. The molecule has 0 fully saturated rings. The molecule has 0 saturated carbocycles. The minimum absolute atomic E-state index is 0.107. The summed E-state index contributed by atoms with van der Waals surface area (Å²) in [5.74, 6) is -1.18. The Morgan fingerprint density at radius 2 is 1.73 bits per heavy atom. The van der Waals surface area contributed by atoms with E-state index in [1.54, 1.807) is 6.92 Å². The lowest BCUT2D eigenvalue weighted by molar-refractivity contribution is -0.139. The van der Waals surface area contributed by atoms with Gasteiger partial charge >= 0.3 is 0 Å². The highest BCUT2D eigenvalue weighted by Crippen LogP contribution is 2.20. The van der Waals surface area contributed by atoms with E-state index in [0.29, 0.717) is 6.54 Å². The van der Waals surface area contributed by atoms with Gasteiger partial charge in [-0.1, -0.05) is 41.9 Å². The second-order valence-electron chi connectivity index (χ2n) is 8.21. The van der Waals surface area contributed by atoms with Crippen molar-refractivity contribution in [3.63, 3.8) is 0 Å². The first-order valence-corrected chi connectivity index (χ1v) is 13.1. The van der Waals surface area contributed by atoms with Crippen LogP contribution in [0.3, 0.4) is 0 Å². The lowest BCUT2D eigenvalue weighted by atomic mass is 10.1. The molecule has 2 aromatic rings. The highest BCUT2D eigenvalue weighted by atomic mass is 79.9. The van der Waals surface area contributed by atoms with Crippen molar-refractivity contribution >= 4 is 43.5 Å². The van der Waals surface area contributed by atoms with Gasteiger partial charge in [0.2, 0.25) is 21.8 Å². The second kappa shape index (κ2) is 11.6. The molecule has 1 unspecified atom stereocenters. The van der Waals surface area contributed by atoms with E-state index in [1.807, 2.05) is 38.1 Å². The first kappa shape index (κ1) is 26.8. The number of carbonyl (C=O) groups excluding carboxylic acids is 2. The van der Waals surface area contributed by atoms with Crippen molar-refractivity contribution in [3.05, 3.63) is 64.4 Å². The van der Waals surface area contributed by atoms with Crippen LogP contribution in [0, 0.1) is 11.7 Å². The van der Waals surface area contributed by atoms with Gasteiger partial charge in [0.1, 0.15) is 18.4 Å². The molecule has 1 atom stereocenters. The maximum absolute atomic E-state index is 13.4. The van der Waals surface area contributed by atoms with Gasteiger partial charge in [0, 0.05) is 17.6 Å². The van der Waals surface area contributed by atoms with Crippen LogP contribution in [0.4, 0.5) is 10.1 Å². The van der Waals surface area contributed by atoms with Gasteiger partial charge in [-0.3, -0.25) is 13.9 Å². The van der Waals surface area contributed by atoms with Crippen molar-refractivity contribution < 1.29 is 22.4 Å². The summed E-state index contributed by atoms with van der Waals surface area (Å²) in [5, 5.41) is 2.82. The van der Waals surface area contributed by atoms with E-state index in [0.717, 1.165) is 32.7 Å². The fourth-order valence-electron chi connectivity index (χ4n) is 3.09. The molecular weight excluding hydrogens is 513 g/mol. The number of carbonyl (C=O) groups is 2. The summed E-state index contributed by atoms with van der Waals surface area (Å²) < 4.78 is 39.9. The van der Waals surface area contributed by atoms with Crippen molar-refractivity contribution in [2.45, 2.75) is 33.4 Å². The Hall–Kier alpha value is -2.46. The van der Waals surface area contributed by atoms with Crippen LogP contribution in [0.15, 0.2) is 53.0 Å². The molecular formula is C23H29BrFN3O4S. The maximum Gasteiger partial charge on any atom is 0.244 e. The average Bonchev–Trinajstić information content (AvgIpc) is 2.73. The molecule has 0 radical (unpaired) electrons. The third-order valence-electron chi connectivity index (χ3n) is 4.89. The monoisotopic (exact) mass is 541 g/mol. The van der Waals surface area contributed by atoms with Gasteiger partial charge in [0.15, 0.2) is 0 Å². The molecule has 180 valence electrons. The summed E-state index contributed by atoms with van der Waals surface area (Å²) in [7, 11) is -3.85. The summed E-state index contributed by atoms with van der Waals surface area (Å²) >= 11 is 3.40. The number of hydrogen-bond acceptors (Lipinski definition) is 4. The van der Waals surface area contributed by atoms with Crippen LogP contribution in [0.5, 0.6) is 0 Å². The predicted octanol–water partition coefficient (Wildman–Crippen LogP) is 3.54. The number of amides is 2. The van der Waals surface area contributed by atoms with Gasteiger partial charge in [-0.25, -0.2) is 12.8 Å². The zero-order chi connectivity index (χ0) is 24.8. The van der Waals surface area contributed by atoms with Crippen LogP contribution < -0.4 is 9.62 Å². The number of nitrogens with one attached hydrogen (secondary N) is 1. The molecule has 33 heavy (non-hydrogen) atoms. The molecule has 0 spiro atoms. The number of sulfonamides is 1. The van der Waals surface area contributed by atoms with Crippen molar-refractivity contribution in [2.75, 3.05) is 23.7 Å². The third kappa shape index (κ3) is 8.12. The lowest BCUT2D eigenvalue weighted by Gasteiger charge is -2.31. The molecule has 0 aromatic heterocycles. The van der Waals surface area contributed by atoms with Gasteiger partial charge in [0.05, 0.1) is 11.9 Å². The zero-order valence-corrected chi connectivity index (χ0v) is 21.5. The first-order valence-electron chi connectivity index (χ1n) is 10.4. The SMILES string of the molecule is CC(C)CNC(=O)C(C)N(Cc1cccc(Br)c1)C(=O)CN(c1ccc(F)cc1)S(C)(=O)=O. The molecule has 2 amide bonds. The summed E-state index contributed by atoms with van der Waals surface area (Å²) in [6.07, 6.45) is 0.973. The number of anilines is 1. The fourth-order valence-corrected chi connectivity index (χ4v) is 4.38. The van der Waals surface area contributed by atoms with Crippen LogP contribution in [0.1, 0.15) is 26.3 Å². The Bertz CT molecular complexity index is 1080. The first-order chi connectivity index (χ1) is 15.4. The minimum atomic E-state index is -3.85. The van der Waals surface area contributed by atoms with E-state index in [-0.39, 0.29) is 24.1 Å². The van der Waals surface area contributed by atoms with Gasteiger partial charge in [-0.05, 0) is 54.8 Å². The predicted molar refractivity (Wildman–Crippen MR) is 131 cm³/mol. The molecule has 0 heterocycles. The van der Waals surface area contributed by atoms with Crippen molar-refractivity contribution in [2.24, 2.45) is 5.92 Å². The maximum atomic E-state index is 13.4. The van der Waals surface area contributed by atoms with Crippen molar-refractivity contribution in [3.8, 4) is 0 Å². The Morgan fingerprint density at radius 1 is 1.09 bits per heavy atom. The molecule has 2 aromatic carbocycles. The van der Waals surface area contributed by atoms with Gasteiger partial charge < -0.3 is 10.2 Å². The lowest BCUT2D eigenvalue weighted by Crippen LogP contribution is -2.51. The van der Waals surface area contributed by atoms with Crippen LogP contribution in [-0.2, 0) is 26.2 Å². The smallest absolute Gasteiger partial charge is 0.244 e. The molecule has 1 N–H and O–H groups in total. The van der Waals surface area contributed by atoms with E-state index < -0.39 is 34.3 Å². The van der Waals surface area contributed by atoms with Gasteiger partial charge in [-0.15, -0.1) is 0 Å². The fraction of sp³-hybridized carbons (Fsp3) is 0.391. The number of rotatable bonds is 10. The molecule has 0 saturated heterocycles. The van der Waals surface area contributed by atoms with Crippen molar-refractivity contribution in [1.82, 2.24) is 10.2 Å². The highest BCUT2D eigenvalue weighted by Gasteiger charge is 2.30. The van der Waals surface area contributed by atoms with Crippen LogP contribution in [0.2, 0.25) is 0 Å². The highest BCUT2D eigenvalue weighted by molar-refractivity contribution is 9.10. The number of hydrogen-bond donors (Lipinski definition) is 1. The number of benzene rings is 2. The largest absolute Gasteiger partial charge is 0.354 e. The van der Waals surface area contributed by atoms with Gasteiger partial charge in [0.25, 0.3) is 0 Å². The number of nitrogens with zero attached hydrogens (tertiary/aromatic N) is 2. The molecule has 0 aliphatic rings. The summed E-state index contributed by atoms with van der Waals surface area (Å²) in [4.78, 5) is 27.5. The average molecular weight is 542 g/mol. The Labute approximate surface area is 203 Å². The summed E-state index contributed by atoms with van der Waals surface area (Å²) in [5.41, 5.74) is 0.931. The topological polar surface area (TPSA) is 86.8 Å². The standard InChI is InChI=1S/C23H29BrFN3O4S/c1-16(2)13-26-23(30)17(3)27(14-18-6-5-7-19(24)12-18)22(29)15-28(33(4,31)32)21-10-8-20(25)9-11-21/h5-12,16-17H,13-15H2,1-4H3,(H,26,30). The van der Waals surface area contributed by atoms with Crippen LogP contribution >= 0.6 is 15.9 Å². The van der Waals surface area contributed by atoms with Gasteiger partial charge in [-0.2, -0.15) is 0 Å². The Kier molecular flexibility index (Phi) is 9.42.